The second-order valence-corrected chi connectivity index (χ2v) is 7.41. The van der Waals surface area contributed by atoms with Gasteiger partial charge < -0.3 is 5.32 Å². The van der Waals surface area contributed by atoms with Gasteiger partial charge in [0.05, 0.1) is 6.54 Å². The van der Waals surface area contributed by atoms with E-state index in [9.17, 15) is 8.42 Å². The third-order valence-corrected chi connectivity index (χ3v) is 5.36. The molecule has 0 aliphatic carbocycles. The summed E-state index contributed by atoms with van der Waals surface area (Å²) in [7, 11) is -1.85. The van der Waals surface area contributed by atoms with Crippen molar-refractivity contribution in [1.82, 2.24) is 13.9 Å². The first-order valence-electron chi connectivity index (χ1n) is 6.76. The highest BCUT2D eigenvalue weighted by Gasteiger charge is 2.30. The van der Waals surface area contributed by atoms with Crippen LogP contribution in [-0.2, 0) is 10.2 Å². The molecule has 5 nitrogen and oxygen atoms in total. The summed E-state index contributed by atoms with van der Waals surface area (Å²) in [6.45, 7) is 6.50. The Labute approximate surface area is 117 Å². The summed E-state index contributed by atoms with van der Waals surface area (Å²) in [5.41, 5.74) is 0. The molecule has 0 radical (unpaired) electrons. The number of terminal acetylenes is 1. The van der Waals surface area contributed by atoms with Crippen molar-refractivity contribution in [1.29, 1.82) is 0 Å². The van der Waals surface area contributed by atoms with E-state index in [-0.39, 0.29) is 6.54 Å². The zero-order chi connectivity index (χ0) is 14.5. The SMILES string of the molecule is C#CCN(C)S(=O)(=O)N1CCC(CNC(C)C)CC1. The van der Waals surface area contributed by atoms with Crippen LogP contribution in [0.3, 0.4) is 0 Å². The summed E-state index contributed by atoms with van der Waals surface area (Å²) in [5, 5.41) is 3.41. The van der Waals surface area contributed by atoms with Gasteiger partial charge in [-0.3, -0.25) is 0 Å². The van der Waals surface area contributed by atoms with Gasteiger partial charge in [0.1, 0.15) is 0 Å². The van der Waals surface area contributed by atoms with Crippen molar-refractivity contribution in [2.75, 3.05) is 33.2 Å². The lowest BCUT2D eigenvalue weighted by Crippen LogP contribution is -2.47. The molecule has 1 heterocycles. The number of piperidine rings is 1. The Kier molecular flexibility index (Phi) is 6.27. The molecule has 1 rings (SSSR count). The summed E-state index contributed by atoms with van der Waals surface area (Å²) >= 11 is 0. The van der Waals surface area contributed by atoms with Gasteiger partial charge in [0.15, 0.2) is 0 Å². The number of hydrogen-bond acceptors (Lipinski definition) is 3. The first kappa shape index (κ1) is 16.4. The molecule has 0 aromatic carbocycles. The Hall–Kier alpha value is -0.610. The van der Waals surface area contributed by atoms with Crippen molar-refractivity contribution in [2.24, 2.45) is 5.92 Å². The van der Waals surface area contributed by atoms with Gasteiger partial charge in [-0.25, -0.2) is 0 Å². The molecule has 0 aromatic rings. The van der Waals surface area contributed by atoms with Gasteiger partial charge >= 0.3 is 0 Å². The van der Waals surface area contributed by atoms with Gasteiger partial charge in [0.25, 0.3) is 10.2 Å². The summed E-state index contributed by atoms with van der Waals surface area (Å²) in [5.74, 6) is 2.93. The molecule has 110 valence electrons. The van der Waals surface area contributed by atoms with Gasteiger partial charge in [-0.1, -0.05) is 19.8 Å². The Bertz CT molecular complexity index is 406. The zero-order valence-corrected chi connectivity index (χ0v) is 12.9. The number of nitrogens with zero attached hydrogens (tertiary/aromatic N) is 2. The van der Waals surface area contributed by atoms with Crippen molar-refractivity contribution < 1.29 is 8.42 Å². The van der Waals surface area contributed by atoms with Gasteiger partial charge in [-0.2, -0.15) is 17.0 Å². The van der Waals surface area contributed by atoms with Crippen LogP contribution in [0.5, 0.6) is 0 Å². The molecule has 0 atom stereocenters. The molecule has 0 saturated carbocycles. The molecule has 0 amide bonds. The van der Waals surface area contributed by atoms with E-state index in [4.69, 9.17) is 6.42 Å². The lowest BCUT2D eigenvalue weighted by Gasteiger charge is -2.33. The molecule has 1 saturated heterocycles. The summed E-state index contributed by atoms with van der Waals surface area (Å²) in [4.78, 5) is 0. The monoisotopic (exact) mass is 287 g/mol. The van der Waals surface area contributed by atoms with E-state index >= 15 is 0 Å². The van der Waals surface area contributed by atoms with Gasteiger partial charge in [-0.15, -0.1) is 6.42 Å². The maximum atomic E-state index is 12.2. The van der Waals surface area contributed by atoms with Crippen LogP contribution in [0, 0.1) is 18.3 Å². The summed E-state index contributed by atoms with van der Waals surface area (Å²) in [6, 6.07) is 0.475. The fraction of sp³-hybridized carbons (Fsp3) is 0.846. The van der Waals surface area contributed by atoms with Crippen molar-refractivity contribution in [2.45, 2.75) is 32.7 Å². The number of nitrogens with one attached hydrogen (secondary N) is 1. The third-order valence-electron chi connectivity index (χ3n) is 3.42. The molecule has 0 spiro atoms. The maximum Gasteiger partial charge on any atom is 0.282 e. The molecule has 0 unspecified atom stereocenters. The Morgan fingerprint density at radius 2 is 2.00 bits per heavy atom. The van der Waals surface area contributed by atoms with Gasteiger partial charge in [0.2, 0.25) is 0 Å². The molecule has 0 bridgehead atoms. The summed E-state index contributed by atoms with van der Waals surface area (Å²) < 4.78 is 27.2. The first-order valence-corrected chi connectivity index (χ1v) is 8.16. The van der Waals surface area contributed by atoms with Crippen LogP contribution in [-0.4, -0.2) is 56.3 Å². The Morgan fingerprint density at radius 3 is 2.47 bits per heavy atom. The molecule has 0 aromatic heterocycles. The Balaban J connectivity index is 2.47. The molecular formula is C13H25N3O2S. The molecule has 6 heteroatoms. The van der Waals surface area contributed by atoms with Crippen molar-refractivity contribution >= 4 is 10.2 Å². The fourth-order valence-corrected chi connectivity index (χ4v) is 3.46. The quantitative estimate of drug-likeness (QED) is 0.724. The minimum absolute atomic E-state index is 0.122. The lowest BCUT2D eigenvalue weighted by atomic mass is 9.98. The van der Waals surface area contributed by atoms with Crippen LogP contribution >= 0.6 is 0 Å². The highest BCUT2D eigenvalue weighted by molar-refractivity contribution is 7.86. The van der Waals surface area contributed by atoms with Crippen LogP contribution in [0.2, 0.25) is 0 Å². The topological polar surface area (TPSA) is 52.7 Å². The van der Waals surface area contributed by atoms with Crippen molar-refractivity contribution in [3.05, 3.63) is 0 Å². The standard InChI is InChI=1S/C13H25N3O2S/c1-5-8-15(4)19(17,18)16-9-6-13(7-10-16)11-14-12(2)3/h1,12-14H,6-11H2,2-4H3. The molecule has 1 fully saturated rings. The smallest absolute Gasteiger partial charge is 0.282 e. The average Bonchev–Trinajstić information content (AvgIpc) is 2.37. The molecule has 1 aliphatic heterocycles. The molecule has 1 aliphatic rings. The largest absolute Gasteiger partial charge is 0.314 e. The van der Waals surface area contributed by atoms with Crippen LogP contribution in [0.15, 0.2) is 0 Å². The molecule has 1 N–H and O–H groups in total. The van der Waals surface area contributed by atoms with E-state index in [1.54, 1.807) is 0 Å². The van der Waals surface area contributed by atoms with Gasteiger partial charge in [-0.05, 0) is 25.3 Å². The minimum atomic E-state index is -3.38. The lowest BCUT2D eigenvalue weighted by molar-refractivity contribution is 0.253. The van der Waals surface area contributed by atoms with Crippen LogP contribution in [0.4, 0.5) is 0 Å². The van der Waals surface area contributed by atoms with E-state index < -0.39 is 10.2 Å². The van der Waals surface area contributed by atoms with E-state index in [2.05, 4.69) is 25.1 Å². The van der Waals surface area contributed by atoms with Crippen LogP contribution in [0.1, 0.15) is 26.7 Å². The minimum Gasteiger partial charge on any atom is -0.314 e. The van der Waals surface area contributed by atoms with E-state index in [0.717, 1.165) is 19.4 Å². The Morgan fingerprint density at radius 1 is 1.42 bits per heavy atom. The summed E-state index contributed by atoms with van der Waals surface area (Å²) in [6.07, 6.45) is 6.97. The van der Waals surface area contributed by atoms with E-state index in [1.807, 2.05) is 0 Å². The highest BCUT2D eigenvalue weighted by Crippen LogP contribution is 2.20. The van der Waals surface area contributed by atoms with Crippen LogP contribution in [0.25, 0.3) is 0 Å². The zero-order valence-electron chi connectivity index (χ0n) is 12.1. The van der Waals surface area contributed by atoms with Gasteiger partial charge in [0, 0.05) is 26.2 Å². The number of rotatable bonds is 6. The average molecular weight is 287 g/mol. The normalized spacial score (nSPS) is 18.9. The second kappa shape index (κ2) is 7.25. The van der Waals surface area contributed by atoms with Crippen molar-refractivity contribution in [3.63, 3.8) is 0 Å². The first-order chi connectivity index (χ1) is 8.87. The second-order valence-electron chi connectivity index (χ2n) is 5.37. The van der Waals surface area contributed by atoms with Crippen LogP contribution < -0.4 is 5.32 Å². The number of hydrogen-bond donors (Lipinski definition) is 1. The maximum absolute atomic E-state index is 12.2. The van der Waals surface area contributed by atoms with E-state index in [1.165, 1.54) is 15.7 Å². The molecular weight excluding hydrogens is 262 g/mol. The van der Waals surface area contributed by atoms with E-state index in [0.29, 0.717) is 25.0 Å². The third kappa shape index (κ3) is 4.77. The highest BCUT2D eigenvalue weighted by atomic mass is 32.2. The predicted octanol–water partition coefficient (Wildman–Crippen LogP) is 0.506. The molecule has 19 heavy (non-hydrogen) atoms. The van der Waals surface area contributed by atoms with Crippen molar-refractivity contribution in [3.8, 4) is 12.3 Å². The predicted molar refractivity (Wildman–Crippen MR) is 77.8 cm³/mol. The fourth-order valence-electron chi connectivity index (χ4n) is 2.15.